The molecule has 1 aliphatic heterocycles. The first-order chi connectivity index (χ1) is 15.8. The highest BCUT2D eigenvalue weighted by Gasteiger charge is 2.45. The average Bonchev–Trinajstić information content (AvgIpc) is 3.48. The van der Waals surface area contributed by atoms with Gasteiger partial charge < -0.3 is 19.3 Å². The van der Waals surface area contributed by atoms with Gasteiger partial charge in [0.05, 0.1) is 40.6 Å². The van der Waals surface area contributed by atoms with Crippen LogP contribution in [0.1, 0.15) is 38.4 Å². The number of hydrogen-bond acceptors (Lipinski definition) is 7. The van der Waals surface area contributed by atoms with Crippen molar-refractivity contribution in [1.82, 2.24) is 19.4 Å². The fourth-order valence-corrected chi connectivity index (χ4v) is 5.32. The van der Waals surface area contributed by atoms with Gasteiger partial charge in [0.25, 0.3) is 5.91 Å². The van der Waals surface area contributed by atoms with E-state index in [1.165, 1.54) is 23.3 Å². The van der Waals surface area contributed by atoms with Gasteiger partial charge in [0.1, 0.15) is 5.75 Å². The Bertz CT molecular complexity index is 1240. The summed E-state index contributed by atoms with van der Waals surface area (Å²) >= 11 is 4.73. The molecule has 1 atom stereocenters. The molecule has 172 valence electrons. The number of methoxy groups -OCH3 is 1. The number of aromatic nitrogens is 3. The van der Waals surface area contributed by atoms with E-state index in [9.17, 15) is 14.7 Å². The summed E-state index contributed by atoms with van der Waals surface area (Å²) < 4.78 is 8.25. The van der Waals surface area contributed by atoms with Crippen molar-refractivity contribution in [1.29, 1.82) is 0 Å². The zero-order valence-electron chi connectivity index (χ0n) is 18.4. The van der Waals surface area contributed by atoms with Crippen LogP contribution in [-0.4, -0.2) is 49.9 Å². The van der Waals surface area contributed by atoms with Gasteiger partial charge in [0.15, 0.2) is 5.76 Å². The van der Waals surface area contributed by atoms with Crippen LogP contribution in [0.2, 0.25) is 0 Å². The van der Waals surface area contributed by atoms with E-state index in [4.69, 9.17) is 4.74 Å². The number of benzene rings is 1. The van der Waals surface area contributed by atoms with Crippen LogP contribution in [0.15, 0.2) is 52.7 Å². The summed E-state index contributed by atoms with van der Waals surface area (Å²) in [5.74, 6) is -0.976. The lowest BCUT2D eigenvalue weighted by molar-refractivity contribution is -0.129. The van der Waals surface area contributed by atoms with Crippen molar-refractivity contribution >= 4 is 39.0 Å². The molecule has 3 aromatic rings. The van der Waals surface area contributed by atoms with Crippen LogP contribution >= 0.6 is 27.3 Å². The molecule has 1 aromatic carbocycles. The minimum Gasteiger partial charge on any atom is -0.503 e. The number of nitrogens with zero attached hydrogens (tertiary/aromatic N) is 4. The maximum atomic E-state index is 13.6. The van der Waals surface area contributed by atoms with E-state index in [1.807, 2.05) is 29.8 Å². The van der Waals surface area contributed by atoms with Crippen molar-refractivity contribution in [3.8, 4) is 5.75 Å². The van der Waals surface area contributed by atoms with E-state index in [0.717, 1.165) is 9.48 Å². The molecular weight excluding hydrogens is 508 g/mol. The molecule has 8 nitrogen and oxygen atoms in total. The molecule has 10 heteroatoms. The summed E-state index contributed by atoms with van der Waals surface area (Å²) in [5.41, 5.74) is 1.24. The second-order valence-corrected chi connectivity index (χ2v) is 9.80. The maximum absolute atomic E-state index is 13.6. The zero-order valence-corrected chi connectivity index (χ0v) is 20.8. The van der Waals surface area contributed by atoms with Crippen molar-refractivity contribution in [2.24, 2.45) is 0 Å². The van der Waals surface area contributed by atoms with Crippen LogP contribution in [0.3, 0.4) is 0 Å². The van der Waals surface area contributed by atoms with Gasteiger partial charge in [-0.1, -0.05) is 15.9 Å². The number of imidazole rings is 1. The lowest BCUT2D eigenvalue weighted by Gasteiger charge is -2.28. The van der Waals surface area contributed by atoms with Gasteiger partial charge >= 0.3 is 0 Å². The summed E-state index contributed by atoms with van der Waals surface area (Å²) in [6.07, 6.45) is 5.86. The third-order valence-corrected chi connectivity index (χ3v) is 7.08. The van der Waals surface area contributed by atoms with E-state index in [1.54, 1.807) is 25.5 Å². The van der Waals surface area contributed by atoms with E-state index in [-0.39, 0.29) is 5.57 Å². The minimum absolute atomic E-state index is 0.0470. The molecule has 33 heavy (non-hydrogen) atoms. The van der Waals surface area contributed by atoms with Gasteiger partial charge in [-0.05, 0) is 38.5 Å². The normalized spacial score (nSPS) is 16.1. The summed E-state index contributed by atoms with van der Waals surface area (Å²) in [6, 6.07) is 4.62. The lowest BCUT2D eigenvalue weighted by Crippen LogP contribution is -2.32. The molecule has 2 aromatic heterocycles. The van der Waals surface area contributed by atoms with Gasteiger partial charge in [-0.25, -0.2) is 9.97 Å². The van der Waals surface area contributed by atoms with Crippen molar-refractivity contribution < 1.29 is 19.4 Å². The third-order valence-electron chi connectivity index (χ3n) is 5.52. The Morgan fingerprint density at radius 3 is 2.73 bits per heavy atom. The van der Waals surface area contributed by atoms with Gasteiger partial charge in [-0.2, -0.15) is 0 Å². The Morgan fingerprint density at radius 2 is 2.09 bits per heavy atom. The number of aryl methyl sites for hydroxylation is 3. The average molecular weight is 531 g/mol. The number of ether oxygens (including phenoxy) is 1. The van der Waals surface area contributed by atoms with Crippen molar-refractivity contribution in [2.45, 2.75) is 32.9 Å². The number of rotatable bonds is 8. The number of aliphatic hydroxyl groups excluding tert-OH is 1. The van der Waals surface area contributed by atoms with E-state index >= 15 is 0 Å². The molecule has 0 saturated heterocycles. The number of carbonyl (C=O) groups is 2. The SMILES string of the molecule is COc1ccc(Br)cc1C1C(C(=O)c2sc(C)nc2C)=C(O)C(=O)N1CCCn1ccnc1. The monoisotopic (exact) mass is 530 g/mol. The molecule has 4 rings (SSSR count). The fourth-order valence-electron chi connectivity index (χ4n) is 4.07. The molecule has 0 saturated carbocycles. The van der Waals surface area contributed by atoms with Gasteiger partial charge in [0, 0.05) is 35.5 Å². The maximum Gasteiger partial charge on any atom is 0.290 e. The van der Waals surface area contributed by atoms with Crippen LogP contribution in [0.5, 0.6) is 5.75 Å². The fraction of sp³-hybridized carbons (Fsp3) is 0.304. The van der Waals surface area contributed by atoms with Crippen molar-refractivity contribution in [2.75, 3.05) is 13.7 Å². The Balaban J connectivity index is 1.76. The molecule has 0 fully saturated rings. The standard InChI is InChI=1S/C23H23BrN4O4S/c1-13-22(33-14(2)26-13)20(29)18-19(16-11-15(24)5-6-17(16)32-3)28(23(31)21(18)30)9-4-8-27-10-7-25-12-27/h5-7,10-12,19,30H,4,8-9H2,1-3H3. The molecule has 1 unspecified atom stereocenters. The molecule has 0 radical (unpaired) electrons. The number of thiazole rings is 1. The number of hydrogen-bond donors (Lipinski definition) is 1. The van der Waals surface area contributed by atoms with E-state index < -0.39 is 23.5 Å². The number of Topliss-reactive ketones (excluding diaryl/α,β-unsaturated/α-hetero) is 1. The number of aliphatic hydroxyl groups is 1. The van der Waals surface area contributed by atoms with E-state index in [0.29, 0.717) is 41.4 Å². The summed E-state index contributed by atoms with van der Waals surface area (Å²) in [6.45, 7) is 4.55. The summed E-state index contributed by atoms with van der Waals surface area (Å²) in [4.78, 5) is 37.1. The number of amides is 1. The topological polar surface area (TPSA) is 97.5 Å². The van der Waals surface area contributed by atoms with Crippen LogP contribution in [0.25, 0.3) is 0 Å². The predicted octanol–water partition coefficient (Wildman–Crippen LogP) is 4.40. The quantitative estimate of drug-likeness (QED) is 0.433. The van der Waals surface area contributed by atoms with Gasteiger partial charge in [-0.3, -0.25) is 9.59 Å². The molecule has 3 heterocycles. The molecule has 1 N–H and O–H groups in total. The predicted molar refractivity (Wildman–Crippen MR) is 128 cm³/mol. The highest BCUT2D eigenvalue weighted by Crippen LogP contribution is 2.44. The first-order valence-electron chi connectivity index (χ1n) is 10.3. The molecule has 0 bridgehead atoms. The van der Waals surface area contributed by atoms with Crippen molar-refractivity contribution in [3.63, 3.8) is 0 Å². The molecule has 1 amide bonds. The Hall–Kier alpha value is -2.98. The van der Waals surface area contributed by atoms with Crippen molar-refractivity contribution in [3.05, 3.63) is 73.9 Å². The lowest BCUT2D eigenvalue weighted by atomic mass is 9.94. The number of ketones is 1. The molecule has 1 aliphatic rings. The largest absolute Gasteiger partial charge is 0.503 e. The van der Waals surface area contributed by atoms with Crippen LogP contribution in [-0.2, 0) is 11.3 Å². The van der Waals surface area contributed by atoms with Crippen LogP contribution in [0.4, 0.5) is 0 Å². The summed E-state index contributed by atoms with van der Waals surface area (Å²) in [5, 5.41) is 11.6. The van der Waals surface area contributed by atoms with Crippen LogP contribution in [0, 0.1) is 13.8 Å². The Morgan fingerprint density at radius 1 is 1.30 bits per heavy atom. The molecule has 0 aliphatic carbocycles. The highest BCUT2D eigenvalue weighted by atomic mass is 79.9. The molecular formula is C23H23BrN4O4S. The second-order valence-electron chi connectivity index (χ2n) is 7.68. The number of carbonyl (C=O) groups excluding carboxylic acids is 2. The zero-order chi connectivity index (χ0) is 23.7. The van der Waals surface area contributed by atoms with Gasteiger partial charge in [-0.15, -0.1) is 11.3 Å². The van der Waals surface area contributed by atoms with E-state index in [2.05, 4.69) is 25.9 Å². The first kappa shape index (κ1) is 23.2. The third kappa shape index (κ3) is 4.45. The Kier molecular flexibility index (Phi) is 6.66. The minimum atomic E-state index is -0.790. The first-order valence-corrected chi connectivity index (χ1v) is 11.9. The highest BCUT2D eigenvalue weighted by molar-refractivity contribution is 9.10. The Labute approximate surface area is 203 Å². The van der Waals surface area contributed by atoms with Gasteiger partial charge in [0.2, 0.25) is 5.78 Å². The molecule has 0 spiro atoms. The summed E-state index contributed by atoms with van der Waals surface area (Å²) in [7, 11) is 1.54. The second kappa shape index (κ2) is 9.48. The smallest absolute Gasteiger partial charge is 0.290 e. The van der Waals surface area contributed by atoms with Crippen LogP contribution < -0.4 is 4.74 Å². The number of halogens is 1.